The molecule has 2 fully saturated rings. The molecule has 3 heterocycles. The van der Waals surface area contributed by atoms with E-state index < -0.39 is 10.2 Å². The maximum Gasteiger partial charge on any atom is 0.289 e. The lowest BCUT2D eigenvalue weighted by Crippen LogP contribution is -2.57. The van der Waals surface area contributed by atoms with Crippen LogP contribution in [0.15, 0.2) is 16.5 Å². The number of hydrogen-bond donors (Lipinski definition) is 0. The number of morpholine rings is 1. The van der Waals surface area contributed by atoms with Gasteiger partial charge in [-0.05, 0) is 32.9 Å². The molecule has 8 nitrogen and oxygen atoms in total. The minimum absolute atomic E-state index is 0.122. The van der Waals surface area contributed by atoms with Crippen LogP contribution >= 0.6 is 0 Å². The zero-order chi connectivity index (χ0) is 18.2. The summed E-state index contributed by atoms with van der Waals surface area (Å²) in [6.45, 7) is 7.53. The SMILES string of the molecule is Cc1ccc(C(=O)N2CCN(S(=O)(=O)N3CC(C)OC(C)C3)CC2)o1. The Kier molecular flexibility index (Phi) is 5.19. The van der Waals surface area contributed by atoms with Crippen molar-refractivity contribution in [1.82, 2.24) is 13.5 Å². The van der Waals surface area contributed by atoms with Crippen molar-refractivity contribution < 1.29 is 22.4 Å². The van der Waals surface area contributed by atoms with Crippen LogP contribution in [0.2, 0.25) is 0 Å². The Hall–Kier alpha value is -1.42. The lowest BCUT2D eigenvalue weighted by molar-refractivity contribution is -0.0457. The van der Waals surface area contributed by atoms with E-state index in [0.717, 1.165) is 0 Å². The lowest BCUT2D eigenvalue weighted by atomic mass is 10.3. The van der Waals surface area contributed by atoms with Crippen molar-refractivity contribution in [3.63, 3.8) is 0 Å². The van der Waals surface area contributed by atoms with Crippen LogP contribution in [0, 0.1) is 6.92 Å². The summed E-state index contributed by atoms with van der Waals surface area (Å²) in [7, 11) is -3.54. The molecule has 0 N–H and O–H groups in total. The normalized spacial score (nSPS) is 26.8. The number of carbonyl (C=O) groups excluding carboxylic acids is 1. The largest absolute Gasteiger partial charge is 0.456 e. The van der Waals surface area contributed by atoms with Crippen LogP contribution in [0.1, 0.15) is 30.2 Å². The lowest BCUT2D eigenvalue weighted by Gasteiger charge is -2.40. The maximum absolute atomic E-state index is 12.9. The van der Waals surface area contributed by atoms with Gasteiger partial charge in [0, 0.05) is 39.3 Å². The zero-order valence-corrected chi connectivity index (χ0v) is 15.7. The van der Waals surface area contributed by atoms with Gasteiger partial charge in [-0.2, -0.15) is 17.0 Å². The van der Waals surface area contributed by atoms with E-state index in [9.17, 15) is 13.2 Å². The number of carbonyl (C=O) groups is 1. The summed E-state index contributed by atoms with van der Waals surface area (Å²) in [5.74, 6) is 0.781. The predicted molar refractivity (Wildman–Crippen MR) is 91.4 cm³/mol. The van der Waals surface area contributed by atoms with E-state index in [1.165, 1.54) is 8.61 Å². The van der Waals surface area contributed by atoms with Gasteiger partial charge < -0.3 is 14.1 Å². The molecule has 9 heteroatoms. The molecule has 3 rings (SSSR count). The Morgan fingerprint density at radius 1 is 1.04 bits per heavy atom. The van der Waals surface area contributed by atoms with Crippen LogP contribution < -0.4 is 0 Å². The molecule has 2 saturated heterocycles. The second-order valence-corrected chi connectivity index (χ2v) is 8.61. The van der Waals surface area contributed by atoms with Gasteiger partial charge in [0.2, 0.25) is 0 Å². The Morgan fingerprint density at radius 2 is 1.64 bits per heavy atom. The number of piperazine rings is 1. The van der Waals surface area contributed by atoms with Gasteiger partial charge in [0.1, 0.15) is 5.76 Å². The molecule has 0 aromatic carbocycles. The van der Waals surface area contributed by atoms with Crippen LogP contribution in [0.25, 0.3) is 0 Å². The first kappa shape index (κ1) is 18.4. The van der Waals surface area contributed by atoms with Crippen LogP contribution in [0.5, 0.6) is 0 Å². The fourth-order valence-electron chi connectivity index (χ4n) is 3.31. The van der Waals surface area contributed by atoms with Crippen molar-refractivity contribution in [2.45, 2.75) is 33.0 Å². The van der Waals surface area contributed by atoms with E-state index in [1.807, 2.05) is 13.8 Å². The number of furan rings is 1. The zero-order valence-electron chi connectivity index (χ0n) is 14.8. The second-order valence-electron chi connectivity index (χ2n) is 6.68. The summed E-state index contributed by atoms with van der Waals surface area (Å²) in [5.41, 5.74) is 0. The minimum atomic E-state index is -3.54. The van der Waals surface area contributed by atoms with E-state index in [4.69, 9.17) is 9.15 Å². The molecule has 25 heavy (non-hydrogen) atoms. The summed E-state index contributed by atoms with van der Waals surface area (Å²) >= 11 is 0. The quantitative estimate of drug-likeness (QED) is 0.781. The average Bonchev–Trinajstić information content (AvgIpc) is 3.00. The molecule has 2 unspecified atom stereocenters. The van der Waals surface area contributed by atoms with Crippen molar-refractivity contribution in [2.24, 2.45) is 0 Å². The molecule has 1 aromatic rings. The van der Waals surface area contributed by atoms with Crippen molar-refractivity contribution in [3.8, 4) is 0 Å². The monoisotopic (exact) mass is 371 g/mol. The van der Waals surface area contributed by atoms with E-state index >= 15 is 0 Å². The first-order chi connectivity index (χ1) is 11.8. The fourth-order valence-corrected chi connectivity index (χ4v) is 5.06. The predicted octanol–water partition coefficient (Wildman–Crippen LogP) is 0.700. The molecule has 0 aliphatic carbocycles. The summed E-state index contributed by atoms with van der Waals surface area (Å²) in [6.07, 6.45) is -0.243. The highest BCUT2D eigenvalue weighted by Crippen LogP contribution is 2.19. The fraction of sp³-hybridized carbons (Fsp3) is 0.688. The smallest absolute Gasteiger partial charge is 0.289 e. The molecule has 0 radical (unpaired) electrons. The maximum atomic E-state index is 12.9. The Bertz CT molecular complexity index is 714. The number of amides is 1. The van der Waals surface area contributed by atoms with Crippen molar-refractivity contribution in [2.75, 3.05) is 39.3 Å². The topological polar surface area (TPSA) is 83.3 Å². The van der Waals surface area contributed by atoms with Gasteiger partial charge in [0.25, 0.3) is 16.1 Å². The van der Waals surface area contributed by atoms with Gasteiger partial charge in [0.05, 0.1) is 12.2 Å². The van der Waals surface area contributed by atoms with Gasteiger partial charge in [-0.3, -0.25) is 4.79 Å². The van der Waals surface area contributed by atoms with Crippen LogP contribution in [-0.4, -0.2) is 79.3 Å². The third kappa shape index (κ3) is 3.89. The second kappa shape index (κ2) is 7.06. The van der Waals surface area contributed by atoms with Crippen LogP contribution in [0.3, 0.4) is 0 Å². The number of rotatable bonds is 3. The summed E-state index contributed by atoms with van der Waals surface area (Å²) in [6, 6.07) is 3.39. The van der Waals surface area contributed by atoms with E-state index in [2.05, 4.69) is 0 Å². The number of aryl methyl sites for hydroxylation is 1. The first-order valence-electron chi connectivity index (χ1n) is 8.54. The van der Waals surface area contributed by atoms with Crippen LogP contribution in [-0.2, 0) is 14.9 Å². The van der Waals surface area contributed by atoms with E-state index in [-0.39, 0.29) is 31.2 Å². The molecule has 0 spiro atoms. The van der Waals surface area contributed by atoms with Crippen molar-refractivity contribution >= 4 is 16.1 Å². The minimum Gasteiger partial charge on any atom is -0.456 e. The Morgan fingerprint density at radius 3 is 2.16 bits per heavy atom. The highest BCUT2D eigenvalue weighted by atomic mass is 32.2. The summed E-state index contributed by atoms with van der Waals surface area (Å²) in [5, 5.41) is 0. The van der Waals surface area contributed by atoms with E-state index in [1.54, 1.807) is 24.0 Å². The summed E-state index contributed by atoms with van der Waals surface area (Å²) < 4.78 is 39.6. The molecule has 1 amide bonds. The molecule has 0 bridgehead atoms. The van der Waals surface area contributed by atoms with Gasteiger partial charge in [-0.15, -0.1) is 0 Å². The van der Waals surface area contributed by atoms with Gasteiger partial charge >= 0.3 is 0 Å². The Labute approximate surface area is 148 Å². The van der Waals surface area contributed by atoms with E-state index in [0.29, 0.717) is 37.7 Å². The van der Waals surface area contributed by atoms with Gasteiger partial charge in [-0.1, -0.05) is 0 Å². The summed E-state index contributed by atoms with van der Waals surface area (Å²) in [4.78, 5) is 14.0. The third-order valence-electron chi connectivity index (χ3n) is 4.52. The molecule has 2 aliphatic rings. The van der Waals surface area contributed by atoms with Crippen LogP contribution in [0.4, 0.5) is 0 Å². The number of hydrogen-bond acceptors (Lipinski definition) is 5. The molecular weight excluding hydrogens is 346 g/mol. The van der Waals surface area contributed by atoms with Crippen molar-refractivity contribution in [3.05, 3.63) is 23.7 Å². The number of ether oxygens (including phenoxy) is 1. The molecule has 0 saturated carbocycles. The number of nitrogens with zero attached hydrogens (tertiary/aromatic N) is 3. The van der Waals surface area contributed by atoms with Gasteiger partial charge in [-0.25, -0.2) is 0 Å². The third-order valence-corrected chi connectivity index (χ3v) is 6.48. The van der Waals surface area contributed by atoms with Crippen molar-refractivity contribution in [1.29, 1.82) is 0 Å². The van der Waals surface area contributed by atoms with Gasteiger partial charge in [0.15, 0.2) is 5.76 Å². The average molecular weight is 371 g/mol. The molecule has 1 aromatic heterocycles. The highest BCUT2D eigenvalue weighted by molar-refractivity contribution is 7.86. The molecule has 140 valence electrons. The standard InChI is InChI=1S/C16H25N3O5S/c1-12-4-5-15(24-12)16(20)17-6-8-18(9-7-17)25(21,22)19-10-13(2)23-14(3)11-19/h4-5,13-14H,6-11H2,1-3H3. The molecule has 2 atom stereocenters. The Balaban J connectivity index is 1.62. The highest BCUT2D eigenvalue weighted by Gasteiger charge is 2.37. The molecular formula is C16H25N3O5S. The first-order valence-corrected chi connectivity index (χ1v) is 9.93. The molecule has 2 aliphatic heterocycles.